The molecule has 1 aromatic rings. The Morgan fingerprint density at radius 3 is 2.81 bits per heavy atom. The maximum Gasteiger partial charge on any atom is 0.224 e. The van der Waals surface area contributed by atoms with E-state index in [9.17, 15) is 14.7 Å². The first-order valence-corrected chi connectivity index (χ1v) is 9.46. The van der Waals surface area contributed by atoms with Crippen molar-refractivity contribution >= 4 is 17.9 Å². The number of para-hydroxylation sites is 1. The molecule has 0 radical (unpaired) electrons. The highest BCUT2D eigenvalue weighted by Crippen LogP contribution is 2.63. The quantitative estimate of drug-likeness (QED) is 0.617. The average Bonchev–Trinajstić information content (AvgIpc) is 3.19. The number of hydrogen-bond acceptors (Lipinski definition) is 4. The fourth-order valence-corrected chi connectivity index (χ4v) is 6.56. The predicted molar refractivity (Wildman–Crippen MR) is 97.9 cm³/mol. The number of benzene rings is 1. The topological polar surface area (TPSA) is 60.9 Å². The van der Waals surface area contributed by atoms with Crippen LogP contribution in [0.15, 0.2) is 35.9 Å². The zero-order valence-corrected chi connectivity index (χ0v) is 15.2. The summed E-state index contributed by atoms with van der Waals surface area (Å²) in [7, 11) is 0. The molecule has 3 heterocycles. The fraction of sp³-hybridized carbons (Fsp3) is 0.524. The Hall–Kier alpha value is -1.98. The molecule has 5 nitrogen and oxygen atoms in total. The van der Waals surface area contributed by atoms with Crippen LogP contribution in [0.25, 0.3) is 0 Å². The van der Waals surface area contributed by atoms with Gasteiger partial charge < -0.3 is 14.8 Å². The van der Waals surface area contributed by atoms with Gasteiger partial charge in [-0.15, -0.1) is 0 Å². The van der Waals surface area contributed by atoms with E-state index >= 15 is 0 Å². The summed E-state index contributed by atoms with van der Waals surface area (Å²) in [6, 6.07) is 7.70. The zero-order valence-electron chi connectivity index (χ0n) is 15.2. The second-order valence-corrected chi connectivity index (χ2v) is 8.24. The lowest BCUT2D eigenvalue weighted by atomic mass is 9.54. The molecule has 1 spiro atoms. The SMILES string of the molecule is C/C=C1/CN2CC[C@]34c5ccccc5N(C(C)=O)[C@H]3[C@](O)(C=O)[C@H]1C[C@H]24. The van der Waals surface area contributed by atoms with Gasteiger partial charge >= 0.3 is 0 Å². The lowest BCUT2D eigenvalue weighted by molar-refractivity contribution is -0.146. The van der Waals surface area contributed by atoms with Crippen molar-refractivity contribution in [3.63, 3.8) is 0 Å². The number of amides is 1. The summed E-state index contributed by atoms with van der Waals surface area (Å²) in [5.41, 5.74) is 1.18. The molecule has 1 aromatic carbocycles. The molecule has 0 unspecified atom stereocenters. The number of hydrogen-bond donors (Lipinski definition) is 1. The minimum absolute atomic E-state index is 0.111. The largest absolute Gasteiger partial charge is 0.380 e. The molecule has 5 atom stereocenters. The molecule has 136 valence electrons. The second-order valence-electron chi connectivity index (χ2n) is 8.24. The summed E-state index contributed by atoms with van der Waals surface area (Å²) < 4.78 is 0. The second kappa shape index (κ2) is 5.05. The maximum atomic E-state index is 12.7. The van der Waals surface area contributed by atoms with E-state index in [4.69, 9.17) is 0 Å². The van der Waals surface area contributed by atoms with Crippen LogP contribution in [0.1, 0.15) is 32.3 Å². The summed E-state index contributed by atoms with van der Waals surface area (Å²) in [5.74, 6) is -0.335. The summed E-state index contributed by atoms with van der Waals surface area (Å²) in [6.45, 7) is 5.25. The Kier molecular flexibility index (Phi) is 3.15. The minimum Gasteiger partial charge on any atom is -0.380 e. The summed E-state index contributed by atoms with van der Waals surface area (Å²) >= 11 is 0. The highest BCUT2D eigenvalue weighted by molar-refractivity contribution is 5.97. The van der Waals surface area contributed by atoms with Crippen LogP contribution < -0.4 is 4.90 Å². The van der Waals surface area contributed by atoms with Gasteiger partial charge in [-0.1, -0.05) is 29.8 Å². The molecule has 0 aromatic heterocycles. The van der Waals surface area contributed by atoms with Crippen molar-refractivity contribution in [3.8, 4) is 0 Å². The third-order valence-corrected chi connectivity index (χ3v) is 7.45. The minimum atomic E-state index is -1.56. The third-order valence-electron chi connectivity index (χ3n) is 7.45. The first-order valence-electron chi connectivity index (χ1n) is 9.46. The number of nitrogens with zero attached hydrogens (tertiary/aromatic N) is 2. The van der Waals surface area contributed by atoms with E-state index in [-0.39, 0.29) is 23.3 Å². The molecule has 1 aliphatic carbocycles. The van der Waals surface area contributed by atoms with Crippen molar-refractivity contribution in [1.29, 1.82) is 0 Å². The van der Waals surface area contributed by atoms with Gasteiger partial charge in [0.1, 0.15) is 5.60 Å². The van der Waals surface area contributed by atoms with Crippen LogP contribution >= 0.6 is 0 Å². The van der Waals surface area contributed by atoms with Gasteiger partial charge in [-0.25, -0.2) is 0 Å². The molecule has 1 amide bonds. The Bertz CT molecular complexity index is 849. The normalized spacial score (nSPS) is 41.9. The van der Waals surface area contributed by atoms with Gasteiger partial charge in [0.05, 0.1) is 6.04 Å². The van der Waals surface area contributed by atoms with Gasteiger partial charge in [0.2, 0.25) is 5.91 Å². The highest BCUT2D eigenvalue weighted by Gasteiger charge is 2.72. The lowest BCUT2D eigenvalue weighted by Crippen LogP contribution is -2.73. The van der Waals surface area contributed by atoms with Crippen LogP contribution in [0.4, 0.5) is 5.69 Å². The van der Waals surface area contributed by atoms with Crippen molar-refractivity contribution in [2.45, 2.75) is 49.8 Å². The highest BCUT2D eigenvalue weighted by atomic mass is 16.3. The van der Waals surface area contributed by atoms with E-state index in [1.807, 2.05) is 31.2 Å². The number of carbonyl (C=O) groups excluding carboxylic acids is 2. The van der Waals surface area contributed by atoms with E-state index in [1.54, 1.807) is 4.90 Å². The van der Waals surface area contributed by atoms with Crippen LogP contribution in [0.2, 0.25) is 0 Å². The maximum absolute atomic E-state index is 12.7. The van der Waals surface area contributed by atoms with E-state index in [0.717, 1.165) is 49.0 Å². The van der Waals surface area contributed by atoms with Gasteiger partial charge in [-0.2, -0.15) is 0 Å². The van der Waals surface area contributed by atoms with Gasteiger partial charge in [0.15, 0.2) is 6.29 Å². The Balaban J connectivity index is 1.83. The third kappa shape index (κ3) is 1.60. The molecule has 4 aliphatic rings. The monoisotopic (exact) mass is 352 g/mol. The molecule has 1 N–H and O–H groups in total. The first kappa shape index (κ1) is 16.2. The number of carbonyl (C=O) groups is 2. The predicted octanol–water partition coefficient (Wildman–Crippen LogP) is 1.64. The summed E-state index contributed by atoms with van der Waals surface area (Å²) in [6.07, 6.45) is 4.40. The molecular formula is C21H24N2O3. The molecule has 26 heavy (non-hydrogen) atoms. The van der Waals surface area contributed by atoms with Crippen LogP contribution in [0.3, 0.4) is 0 Å². The van der Waals surface area contributed by atoms with Crippen molar-refractivity contribution in [2.24, 2.45) is 5.92 Å². The number of rotatable bonds is 1. The lowest BCUT2D eigenvalue weighted by Gasteiger charge is -2.58. The number of anilines is 1. The van der Waals surface area contributed by atoms with Crippen molar-refractivity contribution < 1.29 is 14.7 Å². The standard InChI is InChI=1S/C21H24N2O3/c1-3-14-11-22-9-8-20-15-6-4-5-7-17(15)23(13(2)25)19(20)21(26,12-24)16(14)10-18(20)22/h3-7,12,16,18-19,26H,8-11H2,1-2H3/b14-3-/t16-,18-,19+,20+,21-/m0/s1. The van der Waals surface area contributed by atoms with Crippen molar-refractivity contribution in [2.75, 3.05) is 18.0 Å². The molecule has 5 rings (SSSR count). The number of allylic oxidation sites excluding steroid dienone is 1. The fourth-order valence-electron chi connectivity index (χ4n) is 6.56. The number of aliphatic hydroxyl groups is 1. The van der Waals surface area contributed by atoms with E-state index in [2.05, 4.69) is 11.0 Å². The zero-order chi connectivity index (χ0) is 18.3. The summed E-state index contributed by atoms with van der Waals surface area (Å²) in [5, 5.41) is 11.7. The van der Waals surface area contributed by atoms with Crippen molar-refractivity contribution in [3.05, 3.63) is 41.5 Å². The Labute approximate surface area is 153 Å². The van der Waals surface area contributed by atoms with Gasteiger partial charge in [-0.3, -0.25) is 9.69 Å². The van der Waals surface area contributed by atoms with Crippen LogP contribution in [-0.2, 0) is 15.0 Å². The van der Waals surface area contributed by atoms with Crippen LogP contribution in [-0.4, -0.2) is 53.0 Å². The summed E-state index contributed by atoms with van der Waals surface area (Å²) in [4.78, 5) is 29.2. The molecule has 3 fully saturated rings. The molecule has 2 bridgehead atoms. The molecule has 3 aliphatic heterocycles. The molecule has 1 saturated carbocycles. The first-order chi connectivity index (χ1) is 12.5. The van der Waals surface area contributed by atoms with Gasteiger partial charge in [-0.05, 0) is 37.9 Å². The molecule has 2 saturated heterocycles. The number of fused-ring (bicyclic) bond motifs is 2. The molecule has 5 heteroatoms. The number of aldehydes is 1. The Morgan fingerprint density at radius 2 is 2.12 bits per heavy atom. The van der Waals surface area contributed by atoms with E-state index in [1.165, 1.54) is 6.92 Å². The Morgan fingerprint density at radius 1 is 1.35 bits per heavy atom. The average molecular weight is 352 g/mol. The van der Waals surface area contributed by atoms with Gasteiger partial charge in [0, 0.05) is 36.5 Å². The van der Waals surface area contributed by atoms with E-state index < -0.39 is 11.6 Å². The van der Waals surface area contributed by atoms with Crippen molar-refractivity contribution in [1.82, 2.24) is 4.90 Å². The smallest absolute Gasteiger partial charge is 0.224 e. The van der Waals surface area contributed by atoms with Gasteiger partial charge in [0.25, 0.3) is 0 Å². The number of piperidine rings is 1. The molecular weight excluding hydrogens is 328 g/mol. The van der Waals surface area contributed by atoms with E-state index in [0.29, 0.717) is 0 Å². The van der Waals surface area contributed by atoms with Crippen LogP contribution in [0.5, 0.6) is 0 Å². The van der Waals surface area contributed by atoms with Crippen LogP contribution in [0, 0.1) is 5.92 Å².